The summed E-state index contributed by atoms with van der Waals surface area (Å²) in [5, 5.41) is 0.527. The number of hydrogen-bond donors (Lipinski definition) is 0. The van der Waals surface area contributed by atoms with Gasteiger partial charge in [-0.3, -0.25) is 4.79 Å². The van der Waals surface area contributed by atoms with Crippen molar-refractivity contribution in [2.45, 2.75) is 63.5 Å². The van der Waals surface area contributed by atoms with E-state index in [1.165, 1.54) is 0 Å². The number of ether oxygens (including phenoxy) is 1. The summed E-state index contributed by atoms with van der Waals surface area (Å²) < 4.78 is 33.6. The summed E-state index contributed by atoms with van der Waals surface area (Å²) in [7, 11) is -2.10. The average Bonchev–Trinajstić information content (AvgIpc) is 3.41. The summed E-state index contributed by atoms with van der Waals surface area (Å²) in [4.78, 5) is 19.3. The van der Waals surface area contributed by atoms with Crippen LogP contribution in [0.2, 0.25) is 5.02 Å². The van der Waals surface area contributed by atoms with Crippen molar-refractivity contribution in [1.82, 2.24) is 14.5 Å². The summed E-state index contributed by atoms with van der Waals surface area (Å²) in [5.41, 5.74) is 1.33. The number of imidazole rings is 1. The maximum Gasteiger partial charge on any atom is 0.228 e. The Labute approximate surface area is 202 Å². The Balaban J connectivity index is 1.90. The molecule has 0 radical (unpaired) electrons. The summed E-state index contributed by atoms with van der Waals surface area (Å²) in [6.45, 7) is 5.76. The first-order chi connectivity index (χ1) is 15.7. The Morgan fingerprint density at radius 1 is 1.30 bits per heavy atom. The molecule has 1 aromatic heterocycles. The summed E-state index contributed by atoms with van der Waals surface area (Å²) in [5.74, 6) is 0.173. The highest BCUT2D eigenvalue weighted by molar-refractivity contribution is 7.90. The molecule has 1 amide bonds. The predicted molar refractivity (Wildman–Crippen MR) is 129 cm³/mol. The van der Waals surface area contributed by atoms with Crippen LogP contribution in [0.5, 0.6) is 0 Å². The maximum atomic E-state index is 13.3. The van der Waals surface area contributed by atoms with E-state index >= 15 is 0 Å². The minimum atomic E-state index is -3.71. The number of halogens is 1. The molecule has 0 atom stereocenters. The number of aromatic nitrogens is 2. The van der Waals surface area contributed by atoms with Crippen molar-refractivity contribution in [3.05, 3.63) is 46.7 Å². The Hall–Kier alpha value is -1.90. The summed E-state index contributed by atoms with van der Waals surface area (Å²) >= 11 is 6.04. The van der Waals surface area contributed by atoms with Gasteiger partial charge in [0, 0.05) is 31.1 Å². The van der Waals surface area contributed by atoms with Crippen LogP contribution in [0.4, 0.5) is 0 Å². The molecule has 1 aliphatic carbocycles. The SMILES string of the molecule is COCCN(Cc1cnc(S(=O)(=O)Cc2cccc(Cl)c2)n1CC(C)C)C(=O)C1CCCC1. The van der Waals surface area contributed by atoms with E-state index in [1.807, 2.05) is 13.8 Å². The van der Waals surface area contributed by atoms with Crippen LogP contribution < -0.4 is 0 Å². The van der Waals surface area contributed by atoms with Crippen LogP contribution >= 0.6 is 11.6 Å². The van der Waals surface area contributed by atoms with Crippen LogP contribution in [-0.4, -0.2) is 49.0 Å². The van der Waals surface area contributed by atoms with Gasteiger partial charge in [0.15, 0.2) is 0 Å². The molecule has 9 heteroatoms. The van der Waals surface area contributed by atoms with Crippen LogP contribution in [0.3, 0.4) is 0 Å². The molecule has 0 bridgehead atoms. The van der Waals surface area contributed by atoms with Crippen molar-refractivity contribution in [3.8, 4) is 0 Å². The second-order valence-electron chi connectivity index (χ2n) is 9.16. The molecule has 7 nitrogen and oxygen atoms in total. The van der Waals surface area contributed by atoms with Crippen molar-refractivity contribution in [3.63, 3.8) is 0 Å². The molecule has 1 heterocycles. The highest BCUT2D eigenvalue weighted by atomic mass is 35.5. The second kappa shape index (κ2) is 11.5. The van der Waals surface area contributed by atoms with Gasteiger partial charge in [0.05, 0.1) is 30.8 Å². The molecule has 0 spiro atoms. The van der Waals surface area contributed by atoms with E-state index in [-0.39, 0.29) is 28.7 Å². The van der Waals surface area contributed by atoms with Crippen LogP contribution in [0.25, 0.3) is 0 Å². The summed E-state index contributed by atoms with van der Waals surface area (Å²) in [6.07, 6.45) is 5.56. The first kappa shape index (κ1) is 25.7. The number of nitrogens with zero attached hydrogens (tertiary/aromatic N) is 3. The fraction of sp³-hybridized carbons (Fsp3) is 0.583. The maximum absolute atomic E-state index is 13.3. The third-order valence-corrected chi connectivity index (χ3v) is 7.74. The van der Waals surface area contributed by atoms with E-state index in [1.54, 1.807) is 47.0 Å². The second-order valence-corrected chi connectivity index (χ2v) is 11.5. The lowest BCUT2D eigenvalue weighted by molar-refractivity contribution is -0.136. The highest BCUT2D eigenvalue weighted by Gasteiger charge is 2.30. The Kier molecular flexibility index (Phi) is 8.95. The molecule has 1 saturated carbocycles. The molecule has 1 fully saturated rings. The molecule has 0 saturated heterocycles. The van der Waals surface area contributed by atoms with Crippen LogP contribution in [-0.2, 0) is 38.2 Å². The van der Waals surface area contributed by atoms with Gasteiger partial charge in [0.1, 0.15) is 0 Å². The van der Waals surface area contributed by atoms with E-state index in [0.717, 1.165) is 31.4 Å². The topological polar surface area (TPSA) is 81.5 Å². The number of benzene rings is 1. The zero-order valence-corrected chi connectivity index (χ0v) is 21.2. The fourth-order valence-corrected chi connectivity index (χ4v) is 6.03. The highest BCUT2D eigenvalue weighted by Crippen LogP contribution is 2.28. The van der Waals surface area contributed by atoms with Gasteiger partial charge in [0.25, 0.3) is 0 Å². The first-order valence-electron chi connectivity index (χ1n) is 11.5. The standard InChI is InChI=1S/C24H34ClN3O4S/c1-18(2)15-28-22(16-27(11-12-32-3)23(29)20-8-4-5-9-20)14-26-24(28)33(30,31)17-19-7-6-10-21(25)13-19/h6-7,10,13-14,18,20H,4-5,8-9,11-12,15-17H2,1-3H3. The molecule has 182 valence electrons. The van der Waals surface area contributed by atoms with Gasteiger partial charge in [-0.15, -0.1) is 0 Å². The average molecular weight is 496 g/mol. The Bertz CT molecular complexity index is 1050. The Morgan fingerprint density at radius 3 is 2.67 bits per heavy atom. The monoisotopic (exact) mass is 495 g/mol. The van der Waals surface area contributed by atoms with Crippen molar-refractivity contribution < 1.29 is 17.9 Å². The molecule has 0 N–H and O–H groups in total. The third-order valence-electron chi connectivity index (χ3n) is 5.91. The zero-order valence-electron chi connectivity index (χ0n) is 19.7. The van der Waals surface area contributed by atoms with Gasteiger partial charge in [0.2, 0.25) is 20.9 Å². The van der Waals surface area contributed by atoms with Crippen molar-refractivity contribution in [2.75, 3.05) is 20.3 Å². The van der Waals surface area contributed by atoms with E-state index in [4.69, 9.17) is 16.3 Å². The molecule has 0 aliphatic heterocycles. The normalized spacial score (nSPS) is 14.8. The third kappa shape index (κ3) is 6.80. The smallest absolute Gasteiger partial charge is 0.228 e. The van der Waals surface area contributed by atoms with Gasteiger partial charge in [-0.1, -0.05) is 50.4 Å². The number of methoxy groups -OCH3 is 1. The number of amides is 1. The lowest BCUT2D eigenvalue weighted by atomic mass is 10.1. The minimum absolute atomic E-state index is 0.0335. The number of carbonyl (C=O) groups is 1. The molecule has 3 rings (SSSR count). The van der Waals surface area contributed by atoms with E-state index in [9.17, 15) is 13.2 Å². The van der Waals surface area contributed by atoms with Crippen LogP contribution in [0.1, 0.15) is 50.8 Å². The van der Waals surface area contributed by atoms with Gasteiger partial charge in [-0.2, -0.15) is 0 Å². The van der Waals surface area contributed by atoms with Gasteiger partial charge in [-0.25, -0.2) is 13.4 Å². The summed E-state index contributed by atoms with van der Waals surface area (Å²) in [6, 6.07) is 6.85. The Morgan fingerprint density at radius 2 is 2.03 bits per heavy atom. The quantitative estimate of drug-likeness (QED) is 0.463. The number of sulfone groups is 1. The lowest BCUT2D eigenvalue weighted by Gasteiger charge is -2.26. The van der Waals surface area contributed by atoms with E-state index in [2.05, 4.69) is 4.98 Å². The predicted octanol–water partition coefficient (Wildman–Crippen LogP) is 4.33. The van der Waals surface area contributed by atoms with Crippen molar-refractivity contribution >= 4 is 27.3 Å². The lowest BCUT2D eigenvalue weighted by Crippen LogP contribution is -2.38. The number of rotatable bonds is 11. The largest absolute Gasteiger partial charge is 0.383 e. The number of hydrogen-bond acceptors (Lipinski definition) is 5. The number of carbonyl (C=O) groups excluding carboxylic acids is 1. The van der Waals surface area contributed by atoms with Crippen molar-refractivity contribution in [2.24, 2.45) is 11.8 Å². The van der Waals surface area contributed by atoms with E-state index < -0.39 is 9.84 Å². The zero-order chi connectivity index (χ0) is 24.0. The van der Waals surface area contributed by atoms with Gasteiger partial charge in [-0.05, 0) is 36.5 Å². The first-order valence-corrected chi connectivity index (χ1v) is 13.5. The fourth-order valence-electron chi connectivity index (χ4n) is 4.33. The molecular weight excluding hydrogens is 462 g/mol. The molecule has 0 unspecified atom stereocenters. The van der Waals surface area contributed by atoms with Gasteiger partial charge < -0.3 is 14.2 Å². The molecule has 2 aromatic rings. The molecule has 1 aromatic carbocycles. The molecule has 1 aliphatic rings. The van der Waals surface area contributed by atoms with Crippen molar-refractivity contribution in [1.29, 1.82) is 0 Å². The minimum Gasteiger partial charge on any atom is -0.383 e. The molecular formula is C24H34ClN3O4S. The van der Waals surface area contributed by atoms with Crippen LogP contribution in [0, 0.1) is 11.8 Å². The van der Waals surface area contributed by atoms with Gasteiger partial charge >= 0.3 is 0 Å². The molecule has 33 heavy (non-hydrogen) atoms. The van der Waals surface area contributed by atoms with E-state index in [0.29, 0.717) is 36.8 Å². The van der Waals surface area contributed by atoms with Crippen LogP contribution in [0.15, 0.2) is 35.6 Å².